The maximum absolute atomic E-state index is 12.8. The van der Waals surface area contributed by atoms with Crippen molar-refractivity contribution in [3.63, 3.8) is 0 Å². The van der Waals surface area contributed by atoms with Gasteiger partial charge in [-0.05, 0) is 37.3 Å². The van der Waals surface area contributed by atoms with E-state index in [1.807, 2.05) is 29.7 Å². The number of hydrogen-bond donors (Lipinski definition) is 0. The first-order valence-corrected chi connectivity index (χ1v) is 11.0. The van der Waals surface area contributed by atoms with Crippen LogP contribution in [0.5, 0.6) is 0 Å². The third-order valence-corrected chi connectivity index (χ3v) is 6.80. The number of nitrogens with zero attached hydrogens (tertiary/aromatic N) is 3. The fraction of sp³-hybridized carbons (Fsp3) is 0.211. The number of benzene rings is 2. The highest BCUT2D eigenvalue weighted by atomic mass is 35.5. The topological polar surface area (TPSA) is 56.5 Å². The number of amides is 1. The smallest absolute Gasteiger partial charge is 0.279 e. The molecule has 2 heterocycles. The van der Waals surface area contributed by atoms with E-state index < -0.39 is 0 Å². The van der Waals surface area contributed by atoms with Crippen LogP contribution in [0.1, 0.15) is 17.3 Å². The zero-order valence-electron chi connectivity index (χ0n) is 14.8. The van der Waals surface area contributed by atoms with Crippen LogP contribution in [0.15, 0.2) is 40.8 Å². The monoisotopic (exact) mass is 451 g/mol. The molecule has 0 saturated carbocycles. The minimum atomic E-state index is -0.311. The summed E-state index contributed by atoms with van der Waals surface area (Å²) >= 11 is 15.5. The van der Waals surface area contributed by atoms with Gasteiger partial charge in [-0.2, -0.15) is 4.99 Å². The molecule has 0 bridgehead atoms. The molecule has 0 aliphatic heterocycles. The van der Waals surface area contributed by atoms with Crippen molar-refractivity contribution in [3.8, 4) is 0 Å². The Hall–Kier alpha value is -1.77. The lowest BCUT2D eigenvalue weighted by Crippen LogP contribution is -2.20. The van der Waals surface area contributed by atoms with Crippen molar-refractivity contribution in [2.75, 3.05) is 13.2 Å². The second kappa shape index (κ2) is 8.31. The Labute approximate surface area is 178 Å². The van der Waals surface area contributed by atoms with Gasteiger partial charge >= 0.3 is 0 Å². The molecule has 4 rings (SSSR count). The molecule has 4 aromatic rings. The molecule has 2 aromatic carbocycles. The highest BCUT2D eigenvalue weighted by molar-refractivity contribution is 7.17. The molecule has 0 radical (unpaired) electrons. The Bertz CT molecular complexity index is 1240. The van der Waals surface area contributed by atoms with Gasteiger partial charge in [0.1, 0.15) is 0 Å². The average Bonchev–Trinajstić information content (AvgIpc) is 3.29. The molecule has 0 atom stereocenters. The van der Waals surface area contributed by atoms with Gasteiger partial charge < -0.3 is 9.30 Å². The third kappa shape index (κ3) is 3.73. The number of halogens is 2. The molecular formula is C19H15Cl2N3O2S2. The van der Waals surface area contributed by atoms with E-state index >= 15 is 0 Å². The molecule has 0 N–H and O–H groups in total. The van der Waals surface area contributed by atoms with Crippen molar-refractivity contribution < 1.29 is 9.53 Å². The summed E-state index contributed by atoms with van der Waals surface area (Å²) in [4.78, 5) is 22.0. The van der Waals surface area contributed by atoms with Crippen LogP contribution in [0.2, 0.25) is 10.0 Å². The van der Waals surface area contributed by atoms with Crippen LogP contribution in [0.4, 0.5) is 0 Å². The van der Waals surface area contributed by atoms with Gasteiger partial charge in [-0.1, -0.05) is 34.5 Å². The average molecular weight is 452 g/mol. The third-order valence-electron chi connectivity index (χ3n) is 4.17. The SMILES string of the molecule is CCOCCn1c(=NC(=O)c2ccc3ncsc3c2)sc2ccc(Cl)c(Cl)c21. The van der Waals surface area contributed by atoms with Crippen LogP contribution in [-0.4, -0.2) is 28.7 Å². The summed E-state index contributed by atoms with van der Waals surface area (Å²) in [5, 5.41) is 0.914. The van der Waals surface area contributed by atoms with Gasteiger partial charge in [-0.15, -0.1) is 11.3 Å². The number of ether oxygens (including phenoxy) is 1. The molecule has 5 nitrogen and oxygen atoms in total. The maximum atomic E-state index is 12.8. The highest BCUT2D eigenvalue weighted by Crippen LogP contribution is 2.32. The summed E-state index contributed by atoms with van der Waals surface area (Å²) < 4.78 is 9.25. The van der Waals surface area contributed by atoms with Crippen LogP contribution in [0.3, 0.4) is 0 Å². The van der Waals surface area contributed by atoms with Crippen LogP contribution in [0, 0.1) is 0 Å². The number of thiazole rings is 2. The van der Waals surface area contributed by atoms with E-state index in [0.717, 1.165) is 20.4 Å². The Kier molecular flexibility index (Phi) is 5.80. The molecule has 1 amide bonds. The van der Waals surface area contributed by atoms with Crippen LogP contribution in [0.25, 0.3) is 20.4 Å². The lowest BCUT2D eigenvalue weighted by Gasteiger charge is -2.07. The number of carbonyl (C=O) groups excluding carboxylic acids is 1. The first kappa shape index (κ1) is 19.5. The molecule has 144 valence electrons. The summed E-state index contributed by atoms with van der Waals surface area (Å²) in [7, 11) is 0. The molecule has 0 aliphatic carbocycles. The van der Waals surface area contributed by atoms with Crippen molar-refractivity contribution >= 4 is 72.2 Å². The van der Waals surface area contributed by atoms with E-state index in [4.69, 9.17) is 27.9 Å². The van der Waals surface area contributed by atoms with Gasteiger partial charge in [0.25, 0.3) is 5.91 Å². The van der Waals surface area contributed by atoms with E-state index in [2.05, 4.69) is 9.98 Å². The molecule has 0 aliphatic rings. The summed E-state index contributed by atoms with van der Waals surface area (Å²) in [6, 6.07) is 9.03. The lowest BCUT2D eigenvalue weighted by atomic mass is 10.2. The Morgan fingerprint density at radius 3 is 2.93 bits per heavy atom. The van der Waals surface area contributed by atoms with E-state index in [-0.39, 0.29) is 5.91 Å². The zero-order chi connectivity index (χ0) is 19.7. The Morgan fingerprint density at radius 2 is 2.11 bits per heavy atom. The van der Waals surface area contributed by atoms with E-state index in [1.165, 1.54) is 22.7 Å². The van der Waals surface area contributed by atoms with Crippen LogP contribution in [-0.2, 0) is 11.3 Å². The van der Waals surface area contributed by atoms with Crippen molar-refractivity contribution in [2.45, 2.75) is 13.5 Å². The molecule has 9 heteroatoms. The maximum Gasteiger partial charge on any atom is 0.279 e. The first-order valence-electron chi connectivity index (χ1n) is 8.56. The number of carbonyl (C=O) groups is 1. The van der Waals surface area contributed by atoms with E-state index in [1.54, 1.807) is 17.6 Å². The van der Waals surface area contributed by atoms with E-state index in [0.29, 0.717) is 40.2 Å². The molecule has 0 unspecified atom stereocenters. The first-order chi connectivity index (χ1) is 13.6. The number of fused-ring (bicyclic) bond motifs is 2. The largest absolute Gasteiger partial charge is 0.380 e. The minimum Gasteiger partial charge on any atom is -0.380 e. The summed E-state index contributed by atoms with van der Waals surface area (Å²) in [5.74, 6) is -0.311. The molecule has 0 spiro atoms. The standard InChI is InChI=1S/C19H15Cl2N3O2S2/c1-2-26-8-7-24-17-14(6-4-12(20)16(17)21)28-19(24)23-18(25)11-3-5-13-15(9-11)27-10-22-13/h3-6,9-10H,2,7-8H2,1H3. The van der Waals surface area contributed by atoms with Gasteiger partial charge in [0.05, 0.1) is 42.6 Å². The highest BCUT2D eigenvalue weighted by Gasteiger charge is 2.14. The molecular weight excluding hydrogens is 437 g/mol. The summed E-state index contributed by atoms with van der Waals surface area (Å²) in [5.41, 5.74) is 3.92. The van der Waals surface area contributed by atoms with Crippen molar-refractivity contribution in [3.05, 3.63) is 56.3 Å². The van der Waals surface area contributed by atoms with Crippen molar-refractivity contribution in [2.24, 2.45) is 4.99 Å². The fourth-order valence-corrected chi connectivity index (χ4v) is 5.09. The fourth-order valence-electron chi connectivity index (χ4n) is 2.84. The van der Waals surface area contributed by atoms with Gasteiger partial charge in [0.15, 0.2) is 4.80 Å². The van der Waals surface area contributed by atoms with Crippen LogP contribution >= 0.6 is 45.9 Å². The van der Waals surface area contributed by atoms with E-state index in [9.17, 15) is 4.79 Å². The number of rotatable bonds is 5. The predicted molar refractivity (Wildman–Crippen MR) is 116 cm³/mol. The lowest BCUT2D eigenvalue weighted by molar-refractivity contribution is 0.0997. The summed E-state index contributed by atoms with van der Waals surface area (Å²) in [6.45, 7) is 3.55. The van der Waals surface area contributed by atoms with Crippen LogP contribution < -0.4 is 4.80 Å². The molecule has 28 heavy (non-hydrogen) atoms. The molecule has 0 fully saturated rings. The second-order valence-electron chi connectivity index (χ2n) is 5.89. The van der Waals surface area contributed by atoms with Gasteiger partial charge in [-0.3, -0.25) is 4.79 Å². The minimum absolute atomic E-state index is 0.311. The number of aromatic nitrogens is 2. The zero-order valence-corrected chi connectivity index (χ0v) is 18.0. The van der Waals surface area contributed by atoms with Gasteiger partial charge in [0, 0.05) is 18.7 Å². The summed E-state index contributed by atoms with van der Waals surface area (Å²) in [6.07, 6.45) is 0. The van der Waals surface area contributed by atoms with Crippen molar-refractivity contribution in [1.29, 1.82) is 0 Å². The van der Waals surface area contributed by atoms with Crippen molar-refractivity contribution in [1.82, 2.24) is 9.55 Å². The predicted octanol–water partition coefficient (Wildman–Crippen LogP) is 5.40. The van der Waals surface area contributed by atoms with Gasteiger partial charge in [-0.25, -0.2) is 4.98 Å². The number of hydrogen-bond acceptors (Lipinski definition) is 5. The van der Waals surface area contributed by atoms with Gasteiger partial charge in [0.2, 0.25) is 0 Å². The molecule has 2 aromatic heterocycles. The quantitative estimate of drug-likeness (QED) is 0.381. The Balaban J connectivity index is 1.82. The normalized spacial score (nSPS) is 12.3. The molecule has 0 saturated heterocycles. The second-order valence-corrected chi connectivity index (χ2v) is 8.57. The Morgan fingerprint density at radius 1 is 1.25 bits per heavy atom.